The van der Waals surface area contributed by atoms with E-state index in [0.717, 1.165) is 5.56 Å². The maximum atomic E-state index is 12.5. The first kappa shape index (κ1) is 22.3. The normalized spacial score (nSPS) is 14.6. The van der Waals surface area contributed by atoms with Crippen LogP contribution in [0.5, 0.6) is 11.5 Å². The fraction of sp³-hybridized carbons (Fsp3) is 0.455. The van der Waals surface area contributed by atoms with Gasteiger partial charge < -0.3 is 24.0 Å². The Morgan fingerprint density at radius 3 is 2.34 bits per heavy atom. The SMILES string of the molecule is C=CCOc1ccc(/C=C/C(=O)N2CCN(C(=O)OC(C)(C)C)CC2)cc1OC. The Kier molecular flexibility index (Phi) is 7.70. The number of rotatable bonds is 6. The van der Waals surface area contributed by atoms with E-state index in [4.69, 9.17) is 14.2 Å². The summed E-state index contributed by atoms with van der Waals surface area (Å²) in [5.74, 6) is 1.11. The fourth-order valence-corrected chi connectivity index (χ4v) is 2.76. The van der Waals surface area contributed by atoms with E-state index in [9.17, 15) is 9.59 Å². The molecular weight excluding hydrogens is 372 g/mol. The lowest BCUT2D eigenvalue weighted by molar-refractivity contribution is -0.127. The minimum absolute atomic E-state index is 0.0974. The molecule has 0 aliphatic carbocycles. The summed E-state index contributed by atoms with van der Waals surface area (Å²) in [6.45, 7) is 11.4. The number of amides is 2. The van der Waals surface area contributed by atoms with Crippen molar-refractivity contribution in [3.05, 3.63) is 42.5 Å². The zero-order chi connectivity index (χ0) is 21.4. The Labute approximate surface area is 172 Å². The summed E-state index contributed by atoms with van der Waals surface area (Å²) in [6, 6.07) is 5.46. The van der Waals surface area contributed by atoms with E-state index < -0.39 is 5.60 Å². The topological polar surface area (TPSA) is 68.3 Å². The van der Waals surface area contributed by atoms with Crippen molar-refractivity contribution in [1.29, 1.82) is 0 Å². The number of carbonyl (C=O) groups is 2. The van der Waals surface area contributed by atoms with Crippen LogP contribution in [0, 0.1) is 0 Å². The third-order valence-electron chi connectivity index (χ3n) is 4.21. The first-order valence-electron chi connectivity index (χ1n) is 9.60. The first-order valence-corrected chi connectivity index (χ1v) is 9.60. The molecule has 0 saturated carbocycles. The standard InChI is InChI=1S/C22H30N2O5/c1-6-15-28-18-9-7-17(16-19(18)27-5)8-10-20(25)23-11-13-24(14-12-23)21(26)29-22(2,3)4/h6-10,16H,1,11-15H2,2-5H3/b10-8+. The van der Waals surface area contributed by atoms with Crippen LogP contribution in [0.4, 0.5) is 4.79 Å². The van der Waals surface area contributed by atoms with Crippen molar-refractivity contribution in [1.82, 2.24) is 9.80 Å². The van der Waals surface area contributed by atoms with Gasteiger partial charge in [-0.1, -0.05) is 18.7 Å². The van der Waals surface area contributed by atoms with Crippen LogP contribution >= 0.6 is 0 Å². The van der Waals surface area contributed by atoms with Crippen LogP contribution in [-0.2, 0) is 9.53 Å². The molecule has 2 amide bonds. The average molecular weight is 402 g/mol. The fourth-order valence-electron chi connectivity index (χ4n) is 2.76. The summed E-state index contributed by atoms with van der Waals surface area (Å²) in [6.07, 6.45) is 4.59. The molecule has 1 fully saturated rings. The second-order valence-electron chi connectivity index (χ2n) is 7.64. The molecule has 1 aromatic carbocycles. The Morgan fingerprint density at radius 2 is 1.76 bits per heavy atom. The average Bonchev–Trinajstić information content (AvgIpc) is 2.69. The number of hydrogen-bond acceptors (Lipinski definition) is 5. The van der Waals surface area contributed by atoms with Crippen molar-refractivity contribution < 1.29 is 23.8 Å². The van der Waals surface area contributed by atoms with E-state index >= 15 is 0 Å². The summed E-state index contributed by atoms with van der Waals surface area (Å²) in [4.78, 5) is 27.9. The van der Waals surface area contributed by atoms with Crippen molar-refractivity contribution in [2.75, 3.05) is 39.9 Å². The Bertz CT molecular complexity index is 759. The number of benzene rings is 1. The molecule has 1 aliphatic heterocycles. The van der Waals surface area contributed by atoms with Gasteiger partial charge in [-0.3, -0.25) is 4.79 Å². The highest BCUT2D eigenvalue weighted by Crippen LogP contribution is 2.28. The highest BCUT2D eigenvalue weighted by molar-refractivity contribution is 5.92. The van der Waals surface area contributed by atoms with Gasteiger partial charge in [0.2, 0.25) is 5.91 Å². The van der Waals surface area contributed by atoms with Crippen molar-refractivity contribution in [3.8, 4) is 11.5 Å². The van der Waals surface area contributed by atoms with Crippen molar-refractivity contribution in [3.63, 3.8) is 0 Å². The van der Waals surface area contributed by atoms with Crippen molar-refractivity contribution in [2.24, 2.45) is 0 Å². The van der Waals surface area contributed by atoms with E-state index in [1.807, 2.05) is 32.9 Å². The summed E-state index contributed by atoms with van der Waals surface area (Å²) in [5, 5.41) is 0. The highest BCUT2D eigenvalue weighted by atomic mass is 16.6. The zero-order valence-electron chi connectivity index (χ0n) is 17.6. The maximum Gasteiger partial charge on any atom is 0.410 e. The molecule has 1 heterocycles. The molecule has 29 heavy (non-hydrogen) atoms. The zero-order valence-corrected chi connectivity index (χ0v) is 17.6. The molecule has 0 bridgehead atoms. The monoisotopic (exact) mass is 402 g/mol. The lowest BCUT2D eigenvalue weighted by atomic mass is 10.2. The molecule has 1 aromatic rings. The molecule has 1 aliphatic rings. The number of hydrogen-bond donors (Lipinski definition) is 0. The van der Waals surface area contributed by atoms with Gasteiger partial charge in [0.15, 0.2) is 11.5 Å². The van der Waals surface area contributed by atoms with E-state index in [1.165, 1.54) is 6.08 Å². The first-order chi connectivity index (χ1) is 13.7. The molecule has 0 aromatic heterocycles. The van der Waals surface area contributed by atoms with Crippen LogP contribution in [0.25, 0.3) is 6.08 Å². The summed E-state index contributed by atoms with van der Waals surface area (Å²) in [5.41, 5.74) is 0.300. The third-order valence-corrected chi connectivity index (χ3v) is 4.21. The molecule has 158 valence electrons. The highest BCUT2D eigenvalue weighted by Gasteiger charge is 2.26. The molecule has 7 heteroatoms. The van der Waals surface area contributed by atoms with Crippen molar-refractivity contribution >= 4 is 18.1 Å². The largest absolute Gasteiger partial charge is 0.493 e. The molecule has 1 saturated heterocycles. The Morgan fingerprint density at radius 1 is 1.10 bits per heavy atom. The minimum atomic E-state index is -0.528. The maximum absolute atomic E-state index is 12.5. The molecule has 7 nitrogen and oxygen atoms in total. The molecule has 0 unspecified atom stereocenters. The Hall–Kier alpha value is -2.96. The summed E-state index contributed by atoms with van der Waals surface area (Å²) >= 11 is 0. The molecule has 2 rings (SSSR count). The smallest absolute Gasteiger partial charge is 0.410 e. The van der Waals surface area contributed by atoms with Crippen LogP contribution in [0.1, 0.15) is 26.3 Å². The number of methoxy groups -OCH3 is 1. The number of piperazine rings is 1. The summed E-state index contributed by atoms with van der Waals surface area (Å²) in [7, 11) is 1.57. The van der Waals surface area contributed by atoms with Crippen LogP contribution in [0.2, 0.25) is 0 Å². The van der Waals surface area contributed by atoms with Gasteiger partial charge in [0.1, 0.15) is 12.2 Å². The minimum Gasteiger partial charge on any atom is -0.493 e. The predicted octanol–water partition coefficient (Wildman–Crippen LogP) is 3.35. The van der Waals surface area contributed by atoms with Gasteiger partial charge in [-0.15, -0.1) is 0 Å². The Balaban J connectivity index is 1.91. The quantitative estimate of drug-likeness (QED) is 0.539. The molecule has 0 atom stereocenters. The van der Waals surface area contributed by atoms with E-state index in [2.05, 4.69) is 6.58 Å². The van der Waals surface area contributed by atoms with E-state index in [1.54, 1.807) is 35.1 Å². The van der Waals surface area contributed by atoms with Crippen LogP contribution in [-0.4, -0.2) is 67.3 Å². The lowest BCUT2D eigenvalue weighted by Gasteiger charge is -2.35. The molecule has 0 radical (unpaired) electrons. The second kappa shape index (κ2) is 10.0. The summed E-state index contributed by atoms with van der Waals surface area (Å²) < 4.78 is 16.2. The third kappa shape index (κ3) is 6.85. The lowest BCUT2D eigenvalue weighted by Crippen LogP contribution is -2.51. The molecule has 0 N–H and O–H groups in total. The van der Waals surface area contributed by atoms with Gasteiger partial charge in [0, 0.05) is 32.3 Å². The molecule has 0 spiro atoms. The number of ether oxygens (including phenoxy) is 3. The van der Waals surface area contributed by atoms with Crippen LogP contribution in [0.3, 0.4) is 0 Å². The number of carbonyl (C=O) groups excluding carboxylic acids is 2. The van der Waals surface area contributed by atoms with Gasteiger partial charge in [0.05, 0.1) is 7.11 Å². The van der Waals surface area contributed by atoms with Gasteiger partial charge in [0.25, 0.3) is 0 Å². The van der Waals surface area contributed by atoms with Crippen LogP contribution < -0.4 is 9.47 Å². The second-order valence-corrected chi connectivity index (χ2v) is 7.64. The van der Waals surface area contributed by atoms with Gasteiger partial charge in [-0.05, 0) is 44.5 Å². The molecular formula is C22H30N2O5. The van der Waals surface area contributed by atoms with Crippen LogP contribution in [0.15, 0.2) is 36.9 Å². The number of nitrogens with zero attached hydrogens (tertiary/aromatic N) is 2. The van der Waals surface area contributed by atoms with Gasteiger partial charge >= 0.3 is 6.09 Å². The van der Waals surface area contributed by atoms with E-state index in [-0.39, 0.29) is 12.0 Å². The van der Waals surface area contributed by atoms with Crippen molar-refractivity contribution in [2.45, 2.75) is 26.4 Å². The van der Waals surface area contributed by atoms with Gasteiger partial charge in [-0.2, -0.15) is 0 Å². The van der Waals surface area contributed by atoms with E-state index in [0.29, 0.717) is 44.3 Å². The van der Waals surface area contributed by atoms with Gasteiger partial charge in [-0.25, -0.2) is 4.79 Å². The predicted molar refractivity (Wildman–Crippen MR) is 112 cm³/mol.